The summed E-state index contributed by atoms with van der Waals surface area (Å²) in [5.74, 6) is -0.154. The Morgan fingerprint density at radius 2 is 2.15 bits per heavy atom. The molecular weight excluding hydrogens is 331 g/mol. The lowest BCUT2D eigenvalue weighted by atomic mass is 9.85. The molecule has 1 amide bonds. The van der Waals surface area contributed by atoms with Crippen molar-refractivity contribution in [3.05, 3.63) is 53.1 Å². The molecule has 2 atom stereocenters. The number of benzene rings is 1. The first-order valence-electron chi connectivity index (χ1n) is 9.07. The van der Waals surface area contributed by atoms with E-state index < -0.39 is 0 Å². The predicted octanol–water partition coefficient (Wildman–Crippen LogP) is 3.02. The van der Waals surface area contributed by atoms with Gasteiger partial charge in [-0.1, -0.05) is 6.07 Å². The van der Waals surface area contributed by atoms with Gasteiger partial charge in [0.1, 0.15) is 5.82 Å². The second kappa shape index (κ2) is 7.58. The number of aryl methyl sites for hydroxylation is 2. The lowest BCUT2D eigenvalue weighted by molar-refractivity contribution is 0.0645. The summed E-state index contributed by atoms with van der Waals surface area (Å²) in [5.41, 5.74) is 2.13. The van der Waals surface area contributed by atoms with Gasteiger partial charge in [-0.2, -0.15) is 5.10 Å². The largest absolute Gasteiger partial charge is 0.341 e. The van der Waals surface area contributed by atoms with Crippen molar-refractivity contribution < 1.29 is 9.18 Å². The highest BCUT2D eigenvalue weighted by Gasteiger charge is 2.33. The van der Waals surface area contributed by atoms with Gasteiger partial charge in [0.05, 0.1) is 6.20 Å². The summed E-state index contributed by atoms with van der Waals surface area (Å²) < 4.78 is 15.6. The SMILES string of the molecule is Cc1ccc(C(=O)N(C)C[C@@H]2CCCN(C)[C@H]2c2cnn(C)c2)cc1F. The molecule has 1 aromatic carbocycles. The van der Waals surface area contributed by atoms with Gasteiger partial charge < -0.3 is 4.90 Å². The number of amides is 1. The monoisotopic (exact) mass is 358 g/mol. The molecule has 0 N–H and O–H groups in total. The zero-order valence-corrected chi connectivity index (χ0v) is 15.9. The summed E-state index contributed by atoms with van der Waals surface area (Å²) in [6, 6.07) is 4.92. The fraction of sp³-hybridized carbons (Fsp3) is 0.500. The van der Waals surface area contributed by atoms with Gasteiger partial charge in [0.2, 0.25) is 0 Å². The number of carbonyl (C=O) groups excluding carboxylic acids is 1. The van der Waals surface area contributed by atoms with E-state index in [4.69, 9.17) is 0 Å². The topological polar surface area (TPSA) is 41.4 Å². The number of aromatic nitrogens is 2. The summed E-state index contributed by atoms with van der Waals surface area (Å²) in [4.78, 5) is 16.8. The van der Waals surface area contributed by atoms with Crippen LogP contribution >= 0.6 is 0 Å². The average molecular weight is 358 g/mol. The molecular formula is C20H27FN4O. The van der Waals surface area contributed by atoms with Crippen LogP contribution in [0.15, 0.2) is 30.6 Å². The van der Waals surface area contributed by atoms with Gasteiger partial charge in [-0.3, -0.25) is 14.4 Å². The molecule has 0 radical (unpaired) electrons. The fourth-order valence-corrected chi connectivity index (χ4v) is 3.95. The van der Waals surface area contributed by atoms with E-state index in [9.17, 15) is 9.18 Å². The van der Waals surface area contributed by atoms with Crippen LogP contribution in [0.1, 0.15) is 40.4 Å². The van der Waals surface area contributed by atoms with E-state index in [1.807, 2.05) is 17.9 Å². The quantitative estimate of drug-likeness (QED) is 0.844. The Hall–Kier alpha value is -2.21. The van der Waals surface area contributed by atoms with Gasteiger partial charge in [0.15, 0.2) is 0 Å². The first kappa shape index (κ1) is 18.6. The maximum absolute atomic E-state index is 13.8. The zero-order chi connectivity index (χ0) is 18.8. The van der Waals surface area contributed by atoms with Crippen LogP contribution in [0.25, 0.3) is 0 Å². The van der Waals surface area contributed by atoms with Crippen molar-refractivity contribution in [1.82, 2.24) is 19.6 Å². The summed E-state index contributed by atoms with van der Waals surface area (Å²) in [7, 11) is 5.85. The molecule has 140 valence electrons. The van der Waals surface area contributed by atoms with Crippen LogP contribution < -0.4 is 0 Å². The molecule has 2 aromatic rings. The molecule has 6 heteroatoms. The first-order valence-corrected chi connectivity index (χ1v) is 9.07. The highest BCUT2D eigenvalue weighted by Crippen LogP contribution is 2.35. The zero-order valence-electron chi connectivity index (χ0n) is 15.9. The first-order chi connectivity index (χ1) is 12.4. The minimum atomic E-state index is -0.338. The number of halogens is 1. The van der Waals surface area contributed by atoms with E-state index in [-0.39, 0.29) is 17.8 Å². The summed E-state index contributed by atoms with van der Waals surface area (Å²) in [5, 5.41) is 4.31. The third-order valence-electron chi connectivity index (χ3n) is 5.35. The summed E-state index contributed by atoms with van der Waals surface area (Å²) in [6.45, 7) is 3.37. The van der Waals surface area contributed by atoms with Crippen molar-refractivity contribution in [2.45, 2.75) is 25.8 Å². The Morgan fingerprint density at radius 3 is 2.81 bits per heavy atom. The van der Waals surface area contributed by atoms with Crippen LogP contribution in [0.5, 0.6) is 0 Å². The Bertz CT molecular complexity index is 788. The molecule has 1 aromatic heterocycles. The van der Waals surface area contributed by atoms with Crippen LogP contribution in [0.3, 0.4) is 0 Å². The number of nitrogens with zero attached hydrogens (tertiary/aromatic N) is 4. The van der Waals surface area contributed by atoms with E-state index >= 15 is 0 Å². The molecule has 5 nitrogen and oxygen atoms in total. The van der Waals surface area contributed by atoms with Crippen LogP contribution in [0.4, 0.5) is 4.39 Å². The van der Waals surface area contributed by atoms with E-state index in [0.717, 1.165) is 19.4 Å². The van der Waals surface area contributed by atoms with Crippen LogP contribution in [0.2, 0.25) is 0 Å². The fourth-order valence-electron chi connectivity index (χ4n) is 3.95. The molecule has 1 saturated heterocycles. The Balaban J connectivity index is 1.76. The van der Waals surface area contributed by atoms with E-state index in [0.29, 0.717) is 23.6 Å². The molecule has 1 fully saturated rings. The Kier molecular flexibility index (Phi) is 5.41. The van der Waals surface area contributed by atoms with Gasteiger partial charge in [0.25, 0.3) is 5.91 Å². The number of piperidine rings is 1. The minimum absolute atomic E-state index is 0.137. The third kappa shape index (κ3) is 3.80. The van der Waals surface area contributed by atoms with Gasteiger partial charge >= 0.3 is 0 Å². The smallest absolute Gasteiger partial charge is 0.253 e. The minimum Gasteiger partial charge on any atom is -0.341 e. The highest BCUT2D eigenvalue weighted by atomic mass is 19.1. The maximum Gasteiger partial charge on any atom is 0.253 e. The number of hydrogen-bond donors (Lipinski definition) is 0. The molecule has 3 rings (SSSR count). The molecule has 1 aliphatic heterocycles. The van der Waals surface area contributed by atoms with Gasteiger partial charge in [0, 0.05) is 44.0 Å². The van der Waals surface area contributed by atoms with Gasteiger partial charge in [-0.05, 0) is 57.0 Å². The average Bonchev–Trinajstić information content (AvgIpc) is 3.02. The lowest BCUT2D eigenvalue weighted by Gasteiger charge is -2.40. The van der Waals surface area contributed by atoms with Crippen molar-refractivity contribution in [1.29, 1.82) is 0 Å². The lowest BCUT2D eigenvalue weighted by Crippen LogP contribution is -2.42. The van der Waals surface area contributed by atoms with E-state index in [1.165, 1.54) is 11.6 Å². The van der Waals surface area contributed by atoms with Crippen molar-refractivity contribution in [2.24, 2.45) is 13.0 Å². The van der Waals surface area contributed by atoms with Crippen molar-refractivity contribution in [2.75, 3.05) is 27.2 Å². The molecule has 26 heavy (non-hydrogen) atoms. The summed E-state index contributed by atoms with van der Waals surface area (Å²) in [6.07, 6.45) is 6.14. The van der Waals surface area contributed by atoms with Crippen LogP contribution in [-0.2, 0) is 7.05 Å². The Morgan fingerprint density at radius 1 is 1.38 bits per heavy atom. The van der Waals surface area contributed by atoms with Crippen LogP contribution in [0, 0.1) is 18.7 Å². The number of likely N-dealkylation sites (tertiary alicyclic amines) is 1. The molecule has 0 unspecified atom stereocenters. The van der Waals surface area contributed by atoms with Crippen molar-refractivity contribution in [3.63, 3.8) is 0 Å². The number of carbonyl (C=O) groups is 1. The van der Waals surface area contributed by atoms with Crippen LogP contribution in [-0.4, -0.2) is 52.7 Å². The second-order valence-electron chi connectivity index (χ2n) is 7.42. The van der Waals surface area contributed by atoms with E-state index in [1.54, 1.807) is 31.0 Å². The maximum atomic E-state index is 13.8. The predicted molar refractivity (Wildman–Crippen MR) is 99.4 cm³/mol. The van der Waals surface area contributed by atoms with Crippen molar-refractivity contribution in [3.8, 4) is 0 Å². The highest BCUT2D eigenvalue weighted by molar-refractivity contribution is 5.94. The normalized spacial score (nSPS) is 21.0. The molecule has 0 bridgehead atoms. The third-order valence-corrected chi connectivity index (χ3v) is 5.35. The second-order valence-corrected chi connectivity index (χ2v) is 7.42. The Labute approximate surface area is 154 Å². The molecule has 1 aliphatic rings. The number of rotatable bonds is 4. The molecule has 0 aliphatic carbocycles. The van der Waals surface area contributed by atoms with E-state index in [2.05, 4.69) is 23.2 Å². The molecule has 2 heterocycles. The summed E-state index contributed by atoms with van der Waals surface area (Å²) >= 11 is 0. The van der Waals surface area contributed by atoms with Crippen molar-refractivity contribution >= 4 is 5.91 Å². The standard InChI is InChI=1S/C20H27FN4O/c1-14-7-8-15(10-18(14)21)20(26)24(3)12-16-6-5-9-23(2)19(16)17-11-22-25(4)13-17/h7-8,10-11,13,16,19H,5-6,9,12H2,1-4H3/t16-,19+/m0/s1. The molecule has 0 spiro atoms. The van der Waals surface area contributed by atoms with Gasteiger partial charge in [-0.15, -0.1) is 0 Å². The molecule has 0 saturated carbocycles. The number of hydrogen-bond acceptors (Lipinski definition) is 3. The van der Waals surface area contributed by atoms with Gasteiger partial charge in [-0.25, -0.2) is 4.39 Å².